The first-order valence-corrected chi connectivity index (χ1v) is 7.70. The Morgan fingerprint density at radius 1 is 1.20 bits per heavy atom. The van der Waals surface area contributed by atoms with Gasteiger partial charge in [0.15, 0.2) is 11.6 Å². The molecular weight excluding hydrogens is 340 g/mol. The van der Waals surface area contributed by atoms with Crippen molar-refractivity contribution in [3.63, 3.8) is 0 Å². The maximum absolute atomic E-state index is 13.7. The summed E-state index contributed by atoms with van der Waals surface area (Å²) in [6.07, 6.45) is -5.82. The lowest BCUT2D eigenvalue weighted by atomic mass is 10.1. The molecule has 3 nitrogen and oxygen atoms in total. The summed E-state index contributed by atoms with van der Waals surface area (Å²) in [7, 11) is 0. The second kappa shape index (κ2) is 6.98. The first-order chi connectivity index (χ1) is 11.5. The van der Waals surface area contributed by atoms with E-state index in [1.807, 2.05) is 6.07 Å². The van der Waals surface area contributed by atoms with Crippen LogP contribution in [0, 0.1) is 17.3 Å². The van der Waals surface area contributed by atoms with E-state index in [4.69, 9.17) is 4.74 Å². The Bertz CT molecular complexity index is 677. The van der Waals surface area contributed by atoms with E-state index in [1.165, 1.54) is 0 Å². The second-order valence-electron chi connectivity index (χ2n) is 6.65. The van der Waals surface area contributed by atoms with E-state index in [0.29, 0.717) is 0 Å². The summed E-state index contributed by atoms with van der Waals surface area (Å²) in [5, 5.41) is 0. The Hall–Kier alpha value is -2.18. The molecule has 25 heavy (non-hydrogen) atoms. The van der Waals surface area contributed by atoms with Crippen molar-refractivity contribution in [1.29, 1.82) is 0 Å². The number of hydrogen-bond donors (Lipinski definition) is 0. The molecule has 0 bridgehead atoms. The van der Waals surface area contributed by atoms with Crippen LogP contribution < -0.4 is 0 Å². The number of Topliss-reactive ketones (excluding diaryl/α,β-unsaturated/α-hetero) is 1. The normalized spacial score (nSPS) is 22.4. The molecule has 0 N–H and O–H groups in total. The van der Waals surface area contributed by atoms with Crippen LogP contribution in [0.4, 0.5) is 17.6 Å². The summed E-state index contributed by atoms with van der Waals surface area (Å²) in [6.45, 7) is 3.40. The van der Waals surface area contributed by atoms with Crippen LogP contribution in [0.25, 0.3) is 0 Å². The van der Waals surface area contributed by atoms with Gasteiger partial charge in [0.2, 0.25) is 0 Å². The average molecular weight is 358 g/mol. The molecule has 1 aliphatic rings. The molecule has 0 radical (unpaired) electrons. The zero-order valence-corrected chi connectivity index (χ0v) is 13.8. The molecule has 1 aromatic carbocycles. The number of carbonyl (C=O) groups excluding carboxylic acids is 2. The Morgan fingerprint density at radius 2 is 1.80 bits per heavy atom. The SMILES string of the molecule is CC1(C)[C@H](C(=O)OCc2ccccc2)[C@@H]1/C=C(/F)C(=O)CC(F)(F)F. The highest BCUT2D eigenvalue weighted by molar-refractivity contribution is 5.94. The number of ketones is 1. The summed E-state index contributed by atoms with van der Waals surface area (Å²) in [6, 6.07) is 8.95. The monoisotopic (exact) mass is 358 g/mol. The van der Waals surface area contributed by atoms with Crippen LogP contribution in [0.5, 0.6) is 0 Å². The lowest BCUT2D eigenvalue weighted by molar-refractivity contribution is -0.151. The lowest BCUT2D eigenvalue weighted by Gasteiger charge is -2.05. The van der Waals surface area contributed by atoms with E-state index in [0.717, 1.165) is 11.6 Å². The van der Waals surface area contributed by atoms with Gasteiger partial charge in [0.1, 0.15) is 13.0 Å². The summed E-state index contributed by atoms with van der Waals surface area (Å²) in [5.74, 6) is -5.03. The van der Waals surface area contributed by atoms with Crippen molar-refractivity contribution in [3.05, 3.63) is 47.8 Å². The van der Waals surface area contributed by atoms with Gasteiger partial charge < -0.3 is 4.74 Å². The highest BCUT2D eigenvalue weighted by Gasteiger charge is 2.62. The van der Waals surface area contributed by atoms with Crippen LogP contribution >= 0.6 is 0 Å². The van der Waals surface area contributed by atoms with Gasteiger partial charge in [-0.3, -0.25) is 9.59 Å². The van der Waals surface area contributed by atoms with Gasteiger partial charge in [-0.1, -0.05) is 44.2 Å². The number of benzene rings is 1. The summed E-state index contributed by atoms with van der Waals surface area (Å²) < 4.78 is 55.3. The summed E-state index contributed by atoms with van der Waals surface area (Å²) >= 11 is 0. The number of rotatable bonds is 6. The molecule has 0 heterocycles. The molecule has 0 aromatic heterocycles. The summed E-state index contributed by atoms with van der Waals surface area (Å²) in [5.41, 5.74) is 0.108. The van der Waals surface area contributed by atoms with Gasteiger partial charge in [-0.15, -0.1) is 0 Å². The smallest absolute Gasteiger partial charge is 0.396 e. The molecule has 7 heteroatoms. The average Bonchev–Trinajstić information content (AvgIpc) is 3.05. The van der Waals surface area contributed by atoms with Crippen molar-refractivity contribution in [3.8, 4) is 0 Å². The predicted octanol–water partition coefficient (Wildman–Crippen LogP) is 4.38. The van der Waals surface area contributed by atoms with E-state index < -0.39 is 47.4 Å². The van der Waals surface area contributed by atoms with Crippen molar-refractivity contribution in [2.24, 2.45) is 17.3 Å². The third-order valence-electron chi connectivity index (χ3n) is 4.34. The van der Waals surface area contributed by atoms with Crippen LogP contribution in [0.2, 0.25) is 0 Å². The first-order valence-electron chi connectivity index (χ1n) is 7.70. The van der Waals surface area contributed by atoms with Gasteiger partial charge in [0.05, 0.1) is 5.92 Å². The Balaban J connectivity index is 1.97. The molecule has 1 saturated carbocycles. The van der Waals surface area contributed by atoms with Crippen LogP contribution in [0.15, 0.2) is 42.2 Å². The van der Waals surface area contributed by atoms with Crippen LogP contribution in [0.1, 0.15) is 25.8 Å². The van der Waals surface area contributed by atoms with Gasteiger partial charge >= 0.3 is 12.1 Å². The van der Waals surface area contributed by atoms with E-state index in [1.54, 1.807) is 38.1 Å². The van der Waals surface area contributed by atoms with Gasteiger partial charge in [-0.2, -0.15) is 13.2 Å². The Morgan fingerprint density at radius 3 is 2.36 bits per heavy atom. The minimum atomic E-state index is -4.77. The second-order valence-corrected chi connectivity index (χ2v) is 6.65. The largest absolute Gasteiger partial charge is 0.461 e. The maximum Gasteiger partial charge on any atom is 0.396 e. The topological polar surface area (TPSA) is 43.4 Å². The molecule has 0 unspecified atom stereocenters. The number of esters is 1. The van der Waals surface area contributed by atoms with Gasteiger partial charge in [-0.05, 0) is 23.0 Å². The zero-order valence-electron chi connectivity index (χ0n) is 13.8. The molecule has 136 valence electrons. The van der Waals surface area contributed by atoms with Crippen molar-refractivity contribution < 1.29 is 31.9 Å². The highest BCUT2D eigenvalue weighted by Crippen LogP contribution is 2.60. The van der Waals surface area contributed by atoms with Gasteiger partial charge in [-0.25, -0.2) is 4.39 Å². The lowest BCUT2D eigenvalue weighted by Crippen LogP contribution is -2.15. The standard InChI is InChI=1S/C18H18F4O3/c1-17(2)12(8-13(19)14(23)9-18(20,21)22)15(17)16(24)25-10-11-6-4-3-5-7-11/h3-8,12,15H,9-10H2,1-2H3/b13-8+/t12-,15-/m0/s1. The van der Waals surface area contributed by atoms with Gasteiger partial charge in [0.25, 0.3) is 0 Å². The van der Waals surface area contributed by atoms with Crippen LogP contribution in [-0.2, 0) is 20.9 Å². The first kappa shape index (κ1) is 19.1. The Kier molecular flexibility index (Phi) is 5.34. The molecule has 0 saturated heterocycles. The minimum absolute atomic E-state index is 0.0537. The molecule has 2 atom stereocenters. The molecule has 0 amide bonds. The molecule has 1 aliphatic carbocycles. The number of alkyl halides is 3. The van der Waals surface area contributed by atoms with Gasteiger partial charge in [0, 0.05) is 0 Å². The highest BCUT2D eigenvalue weighted by atomic mass is 19.4. The van der Waals surface area contributed by atoms with E-state index >= 15 is 0 Å². The quantitative estimate of drug-likeness (QED) is 0.431. The zero-order chi connectivity index (χ0) is 18.8. The van der Waals surface area contributed by atoms with Crippen molar-refractivity contribution >= 4 is 11.8 Å². The third kappa shape index (κ3) is 4.90. The van der Waals surface area contributed by atoms with Crippen LogP contribution in [0.3, 0.4) is 0 Å². The predicted molar refractivity (Wildman–Crippen MR) is 81.9 cm³/mol. The third-order valence-corrected chi connectivity index (χ3v) is 4.34. The number of hydrogen-bond acceptors (Lipinski definition) is 3. The fraction of sp³-hybridized carbons (Fsp3) is 0.444. The number of allylic oxidation sites excluding steroid dienone is 2. The van der Waals surface area contributed by atoms with Crippen molar-refractivity contribution in [1.82, 2.24) is 0 Å². The van der Waals surface area contributed by atoms with E-state index in [9.17, 15) is 27.2 Å². The summed E-state index contributed by atoms with van der Waals surface area (Å²) in [4.78, 5) is 23.4. The minimum Gasteiger partial charge on any atom is -0.461 e. The van der Waals surface area contributed by atoms with Crippen molar-refractivity contribution in [2.75, 3.05) is 0 Å². The van der Waals surface area contributed by atoms with E-state index in [2.05, 4.69) is 0 Å². The molecular formula is C18H18F4O3. The number of carbonyl (C=O) groups is 2. The molecule has 2 rings (SSSR count). The van der Waals surface area contributed by atoms with E-state index in [-0.39, 0.29) is 6.61 Å². The maximum atomic E-state index is 13.7. The Labute approximate surface area is 142 Å². The molecule has 1 aromatic rings. The number of halogens is 4. The van der Waals surface area contributed by atoms with Crippen molar-refractivity contribution in [2.45, 2.75) is 33.1 Å². The molecule has 0 aliphatic heterocycles. The fourth-order valence-corrected chi connectivity index (χ4v) is 2.77. The number of ether oxygens (including phenoxy) is 1. The molecule has 1 fully saturated rings. The fourth-order valence-electron chi connectivity index (χ4n) is 2.77. The molecule has 0 spiro atoms. The van der Waals surface area contributed by atoms with Crippen LogP contribution in [-0.4, -0.2) is 17.9 Å².